The highest BCUT2D eigenvalue weighted by molar-refractivity contribution is 9.10. The Morgan fingerprint density at radius 3 is 2.32 bits per heavy atom. The summed E-state index contributed by atoms with van der Waals surface area (Å²) >= 11 is 2.21. The average Bonchev–Trinajstić information content (AvgIpc) is 2.52. The van der Waals surface area contributed by atoms with E-state index in [9.17, 15) is 22.8 Å². The summed E-state index contributed by atoms with van der Waals surface area (Å²) in [5, 5.41) is 21.4. The van der Waals surface area contributed by atoms with Gasteiger partial charge in [-0.3, -0.25) is 5.01 Å². The van der Waals surface area contributed by atoms with Crippen molar-refractivity contribution in [2.45, 2.75) is 16.5 Å². The molecule has 1 aliphatic rings. The maximum Gasteiger partial charge on any atom is 0.412 e. The number of nitrogens with two attached hydrogens (primary N) is 1. The molecule has 0 bridgehead atoms. The van der Waals surface area contributed by atoms with E-state index in [1.165, 1.54) is 0 Å². The molecule has 0 amide bonds. The average molecular weight is 348 g/mol. The van der Waals surface area contributed by atoms with Crippen molar-refractivity contribution >= 4 is 33.6 Å². The molecule has 0 fully saturated rings. The number of rotatable bonds is 4. The van der Waals surface area contributed by atoms with Crippen molar-refractivity contribution in [1.82, 2.24) is 5.01 Å². The molecule has 1 aliphatic heterocycles. The number of carboxylic acids is 2. The molecule has 0 aromatic rings. The fourth-order valence-corrected chi connectivity index (χ4v) is 2.37. The molecule has 7 nitrogen and oxygen atoms in total. The van der Waals surface area contributed by atoms with Gasteiger partial charge in [0.25, 0.3) is 0 Å². The molecular formula is C8H9BrF3N3O4. The van der Waals surface area contributed by atoms with Gasteiger partial charge in [-0.25, -0.2) is 9.59 Å². The Morgan fingerprint density at radius 2 is 2.00 bits per heavy atom. The van der Waals surface area contributed by atoms with E-state index in [1.54, 1.807) is 0 Å². The molecule has 1 rings (SSSR count). The molecule has 19 heavy (non-hydrogen) atoms. The van der Waals surface area contributed by atoms with Crippen LogP contribution < -0.4 is 5.73 Å². The highest BCUT2D eigenvalue weighted by atomic mass is 79.9. The van der Waals surface area contributed by atoms with Crippen molar-refractivity contribution in [2.24, 2.45) is 10.8 Å². The lowest BCUT2D eigenvalue weighted by molar-refractivity contribution is -0.168. The van der Waals surface area contributed by atoms with E-state index in [4.69, 9.17) is 15.9 Å². The Balaban J connectivity index is 3.41. The Bertz CT molecular complexity index is 441. The van der Waals surface area contributed by atoms with Crippen LogP contribution in [0.15, 0.2) is 5.10 Å². The summed E-state index contributed by atoms with van der Waals surface area (Å²) in [4.78, 5) is 21.9. The summed E-state index contributed by atoms with van der Waals surface area (Å²) in [6, 6.07) is -2.23. The first-order chi connectivity index (χ1) is 8.57. The van der Waals surface area contributed by atoms with Crippen LogP contribution in [0.3, 0.4) is 0 Å². The van der Waals surface area contributed by atoms with E-state index >= 15 is 0 Å². The summed E-state index contributed by atoms with van der Waals surface area (Å²) in [5.41, 5.74) is 3.81. The lowest BCUT2D eigenvalue weighted by Gasteiger charge is -2.31. The molecule has 2 atom stereocenters. The van der Waals surface area contributed by atoms with Crippen molar-refractivity contribution in [3.8, 4) is 0 Å². The number of aliphatic carboxylic acids is 2. The second-order valence-electron chi connectivity index (χ2n) is 3.66. The summed E-state index contributed by atoms with van der Waals surface area (Å²) in [7, 11) is 0. The zero-order valence-corrected chi connectivity index (χ0v) is 10.8. The third-order valence-corrected chi connectivity index (χ3v) is 3.71. The predicted molar refractivity (Wildman–Crippen MR) is 60.0 cm³/mol. The predicted octanol–water partition coefficient (Wildman–Crippen LogP) is -0.150. The normalized spacial score (nSPS) is 27.3. The van der Waals surface area contributed by atoms with Gasteiger partial charge in [0.05, 0.1) is 0 Å². The first-order valence-electron chi connectivity index (χ1n) is 4.85. The first-order valence-corrected chi connectivity index (χ1v) is 5.64. The quantitative estimate of drug-likeness (QED) is 0.609. The van der Waals surface area contributed by atoms with Crippen LogP contribution in [0.1, 0.15) is 0 Å². The van der Waals surface area contributed by atoms with Crippen LogP contribution in [0, 0.1) is 0 Å². The zero-order valence-electron chi connectivity index (χ0n) is 9.19. The topological polar surface area (TPSA) is 116 Å². The van der Waals surface area contributed by atoms with Gasteiger partial charge in [0.15, 0.2) is 11.8 Å². The molecule has 2 unspecified atom stereocenters. The van der Waals surface area contributed by atoms with Crippen LogP contribution in [0.25, 0.3) is 0 Å². The third-order valence-electron chi connectivity index (χ3n) is 2.46. The largest absolute Gasteiger partial charge is 0.480 e. The number of hydrazone groups is 1. The molecule has 108 valence electrons. The SMILES string of the molecule is NCCN1N=C(C(=O)O)C(Br)(C(F)(F)F)C1C(=O)O. The minimum absolute atomic E-state index is 0.179. The summed E-state index contributed by atoms with van der Waals surface area (Å²) < 4.78 is 35.9. The summed E-state index contributed by atoms with van der Waals surface area (Å²) in [6.45, 7) is -0.502. The zero-order chi connectivity index (χ0) is 15.0. The van der Waals surface area contributed by atoms with Crippen molar-refractivity contribution in [1.29, 1.82) is 0 Å². The van der Waals surface area contributed by atoms with E-state index in [1.807, 2.05) is 0 Å². The second-order valence-corrected chi connectivity index (χ2v) is 4.91. The number of carboxylic acid groups (broad SMARTS) is 2. The van der Waals surface area contributed by atoms with Gasteiger partial charge in [-0.05, 0) is 0 Å². The monoisotopic (exact) mass is 347 g/mol. The Morgan fingerprint density at radius 1 is 1.47 bits per heavy atom. The molecule has 0 saturated heterocycles. The molecule has 1 heterocycles. The van der Waals surface area contributed by atoms with Crippen LogP contribution in [-0.4, -0.2) is 62.5 Å². The highest BCUT2D eigenvalue weighted by Gasteiger charge is 2.70. The minimum atomic E-state index is -5.16. The van der Waals surface area contributed by atoms with E-state index in [0.717, 1.165) is 0 Å². The van der Waals surface area contributed by atoms with Gasteiger partial charge in [0, 0.05) is 13.1 Å². The van der Waals surface area contributed by atoms with Gasteiger partial charge < -0.3 is 15.9 Å². The summed E-state index contributed by atoms with van der Waals surface area (Å²) in [5.74, 6) is -3.82. The van der Waals surface area contributed by atoms with Crippen LogP contribution in [-0.2, 0) is 9.59 Å². The number of hydrogen-bond donors (Lipinski definition) is 3. The van der Waals surface area contributed by atoms with Crippen molar-refractivity contribution in [3.63, 3.8) is 0 Å². The second kappa shape index (κ2) is 4.96. The standard InChI is InChI=1S/C8H9BrF3N3O4/c9-7(8(10,11)12)3(5(16)17)14-15(2-1-13)4(7)6(18)19/h4H,1-2,13H2,(H,16,17)(H,18,19). The Labute approximate surface area is 113 Å². The fraction of sp³-hybridized carbons (Fsp3) is 0.625. The number of nitrogens with zero attached hydrogens (tertiary/aromatic N) is 2. The molecule has 0 aromatic carbocycles. The molecule has 0 aromatic heterocycles. The van der Waals surface area contributed by atoms with Gasteiger partial charge in [-0.15, -0.1) is 0 Å². The van der Waals surface area contributed by atoms with E-state index in [0.29, 0.717) is 5.01 Å². The molecular weight excluding hydrogens is 339 g/mol. The Kier molecular flexibility index (Phi) is 4.10. The fourth-order valence-electron chi connectivity index (χ4n) is 1.69. The smallest absolute Gasteiger partial charge is 0.412 e. The van der Waals surface area contributed by atoms with E-state index < -0.39 is 34.2 Å². The van der Waals surface area contributed by atoms with Gasteiger partial charge in [-0.2, -0.15) is 18.3 Å². The maximum absolute atomic E-state index is 13.1. The minimum Gasteiger partial charge on any atom is -0.480 e. The lowest BCUT2D eigenvalue weighted by atomic mass is 9.94. The van der Waals surface area contributed by atoms with E-state index in [2.05, 4.69) is 21.0 Å². The molecule has 0 radical (unpaired) electrons. The van der Waals surface area contributed by atoms with Crippen LogP contribution in [0.2, 0.25) is 0 Å². The lowest BCUT2D eigenvalue weighted by Crippen LogP contribution is -2.60. The molecule has 0 aliphatic carbocycles. The number of halogens is 4. The van der Waals surface area contributed by atoms with Crippen molar-refractivity contribution in [3.05, 3.63) is 0 Å². The molecule has 11 heteroatoms. The maximum atomic E-state index is 13.1. The van der Waals surface area contributed by atoms with Crippen LogP contribution in [0.4, 0.5) is 13.2 Å². The van der Waals surface area contributed by atoms with Crippen LogP contribution >= 0.6 is 15.9 Å². The van der Waals surface area contributed by atoms with Gasteiger partial charge in [0.2, 0.25) is 4.32 Å². The molecule has 4 N–H and O–H groups in total. The Hall–Kier alpha value is -1.36. The first kappa shape index (κ1) is 15.7. The van der Waals surface area contributed by atoms with Crippen molar-refractivity contribution in [2.75, 3.05) is 13.1 Å². The van der Waals surface area contributed by atoms with Crippen LogP contribution in [0.5, 0.6) is 0 Å². The molecule has 0 spiro atoms. The number of carbonyl (C=O) groups is 2. The highest BCUT2D eigenvalue weighted by Crippen LogP contribution is 2.47. The molecule has 0 saturated carbocycles. The van der Waals surface area contributed by atoms with Gasteiger partial charge >= 0.3 is 18.1 Å². The summed E-state index contributed by atoms with van der Waals surface area (Å²) in [6.07, 6.45) is -5.16. The number of hydrogen-bond acceptors (Lipinski definition) is 5. The van der Waals surface area contributed by atoms with Crippen molar-refractivity contribution < 1.29 is 33.0 Å². The van der Waals surface area contributed by atoms with Gasteiger partial charge in [-0.1, -0.05) is 15.9 Å². The van der Waals surface area contributed by atoms with Gasteiger partial charge in [0.1, 0.15) is 0 Å². The number of alkyl halides is 4. The third kappa shape index (κ3) is 2.39. The van der Waals surface area contributed by atoms with E-state index in [-0.39, 0.29) is 13.1 Å².